The topological polar surface area (TPSA) is 56.8 Å². The number of carbonyl (C=O) groups excluding carboxylic acids is 1. The van der Waals surface area contributed by atoms with E-state index in [9.17, 15) is 4.79 Å². The number of nitrogens with one attached hydrogen (secondary N) is 1. The molecule has 1 fully saturated rings. The van der Waals surface area contributed by atoms with E-state index in [1.54, 1.807) is 14.0 Å². The average molecular weight is 265 g/mol. The van der Waals surface area contributed by atoms with Gasteiger partial charge in [0.25, 0.3) is 0 Å². The highest BCUT2D eigenvalue weighted by Crippen LogP contribution is 2.30. The lowest BCUT2D eigenvalue weighted by molar-refractivity contribution is -0.196. The predicted octanol–water partition coefficient (Wildman–Crippen LogP) is 2.62. The van der Waals surface area contributed by atoms with Crippen LogP contribution in [0.4, 0.5) is 4.79 Å². The van der Waals surface area contributed by atoms with E-state index in [0.717, 1.165) is 17.7 Å². The quantitative estimate of drug-likeness (QED) is 0.889. The molecule has 19 heavy (non-hydrogen) atoms. The molecule has 0 aromatic heterocycles. The van der Waals surface area contributed by atoms with E-state index >= 15 is 0 Å². The normalized spacial score (nSPS) is 23.6. The van der Waals surface area contributed by atoms with E-state index < -0.39 is 11.9 Å². The molecule has 1 aromatic carbocycles. The van der Waals surface area contributed by atoms with Crippen LogP contribution in [-0.2, 0) is 9.47 Å². The summed E-state index contributed by atoms with van der Waals surface area (Å²) in [7, 11) is 1.63. The van der Waals surface area contributed by atoms with Crippen LogP contribution in [0.25, 0.3) is 0 Å². The van der Waals surface area contributed by atoms with Crippen molar-refractivity contribution in [2.24, 2.45) is 0 Å². The van der Waals surface area contributed by atoms with Gasteiger partial charge >= 0.3 is 6.09 Å². The molecule has 1 heterocycles. The molecule has 0 bridgehead atoms. The van der Waals surface area contributed by atoms with Gasteiger partial charge in [0.1, 0.15) is 5.75 Å². The van der Waals surface area contributed by atoms with E-state index in [4.69, 9.17) is 14.2 Å². The Bertz CT molecular complexity index is 445. The van der Waals surface area contributed by atoms with Crippen LogP contribution in [0.15, 0.2) is 24.3 Å². The molecule has 1 saturated heterocycles. The van der Waals surface area contributed by atoms with Gasteiger partial charge in [-0.3, -0.25) is 0 Å². The Hall–Kier alpha value is -1.75. The number of hydrogen-bond acceptors (Lipinski definition) is 4. The molecule has 2 unspecified atom stereocenters. The third-order valence-electron chi connectivity index (χ3n) is 3.11. The van der Waals surface area contributed by atoms with Crippen LogP contribution in [0.3, 0.4) is 0 Å². The summed E-state index contributed by atoms with van der Waals surface area (Å²) in [6.45, 7) is 4.15. The minimum atomic E-state index is -0.905. The first-order valence-corrected chi connectivity index (χ1v) is 6.35. The first-order chi connectivity index (χ1) is 9.06. The van der Waals surface area contributed by atoms with Crippen molar-refractivity contribution in [1.82, 2.24) is 5.32 Å². The van der Waals surface area contributed by atoms with Crippen molar-refractivity contribution < 1.29 is 19.0 Å². The third kappa shape index (κ3) is 3.17. The van der Waals surface area contributed by atoms with E-state index in [1.807, 2.05) is 31.2 Å². The van der Waals surface area contributed by atoms with Crippen molar-refractivity contribution in [2.45, 2.75) is 32.2 Å². The number of hydrogen-bond donors (Lipinski definition) is 1. The average Bonchev–Trinajstić information content (AvgIpc) is 2.76. The lowest BCUT2D eigenvalue weighted by Gasteiger charge is -2.27. The molecule has 2 rings (SSSR count). The molecule has 0 radical (unpaired) electrons. The summed E-state index contributed by atoms with van der Waals surface area (Å²) in [6, 6.07) is 7.70. The van der Waals surface area contributed by atoms with Crippen LogP contribution in [0.2, 0.25) is 0 Å². The van der Waals surface area contributed by atoms with Crippen LogP contribution in [-0.4, -0.2) is 25.5 Å². The van der Waals surface area contributed by atoms with Gasteiger partial charge in [-0.05, 0) is 24.1 Å². The number of methoxy groups -OCH3 is 1. The highest BCUT2D eigenvalue weighted by Gasteiger charge is 2.38. The van der Waals surface area contributed by atoms with Crippen molar-refractivity contribution in [3.63, 3.8) is 0 Å². The van der Waals surface area contributed by atoms with E-state index in [-0.39, 0.29) is 6.10 Å². The van der Waals surface area contributed by atoms with Crippen molar-refractivity contribution in [2.75, 3.05) is 13.7 Å². The van der Waals surface area contributed by atoms with Crippen molar-refractivity contribution in [3.05, 3.63) is 29.8 Å². The second-order valence-corrected chi connectivity index (χ2v) is 4.66. The highest BCUT2D eigenvalue weighted by molar-refractivity contribution is 5.69. The van der Waals surface area contributed by atoms with E-state index in [1.165, 1.54) is 0 Å². The van der Waals surface area contributed by atoms with E-state index in [2.05, 4.69) is 5.32 Å². The maximum absolute atomic E-state index is 11.1. The number of ether oxygens (including phenoxy) is 3. The fraction of sp³-hybridized carbons (Fsp3) is 0.500. The summed E-state index contributed by atoms with van der Waals surface area (Å²) in [5.41, 5.74) is 1.03. The molecule has 0 aliphatic carbocycles. The van der Waals surface area contributed by atoms with Crippen molar-refractivity contribution in [3.8, 4) is 5.75 Å². The summed E-state index contributed by atoms with van der Waals surface area (Å²) in [5, 5.41) is 2.60. The Balaban J connectivity index is 2.09. The number of carbonyl (C=O) groups is 1. The molecule has 0 saturated carbocycles. The van der Waals surface area contributed by atoms with Gasteiger partial charge in [-0.2, -0.15) is 0 Å². The molecule has 2 atom stereocenters. The molecule has 1 amide bonds. The maximum atomic E-state index is 11.1. The largest absolute Gasteiger partial charge is 0.497 e. The Labute approximate surface area is 112 Å². The van der Waals surface area contributed by atoms with Gasteiger partial charge < -0.3 is 19.5 Å². The van der Waals surface area contributed by atoms with Crippen LogP contribution in [0, 0.1) is 0 Å². The van der Waals surface area contributed by atoms with Crippen LogP contribution in [0.1, 0.15) is 31.9 Å². The molecule has 1 aliphatic heterocycles. The maximum Gasteiger partial charge on any atom is 0.409 e. The summed E-state index contributed by atoms with van der Waals surface area (Å²) in [4.78, 5) is 11.1. The number of benzene rings is 1. The molecule has 1 N–H and O–H groups in total. The Morgan fingerprint density at radius 2 is 2.11 bits per heavy atom. The smallest absolute Gasteiger partial charge is 0.409 e. The van der Waals surface area contributed by atoms with Gasteiger partial charge in [-0.15, -0.1) is 0 Å². The summed E-state index contributed by atoms with van der Waals surface area (Å²) < 4.78 is 16.2. The second-order valence-electron chi connectivity index (χ2n) is 4.66. The summed E-state index contributed by atoms with van der Waals surface area (Å²) >= 11 is 0. The minimum Gasteiger partial charge on any atom is -0.497 e. The molecular weight excluding hydrogens is 246 g/mol. The highest BCUT2D eigenvalue weighted by atomic mass is 16.7. The first-order valence-electron chi connectivity index (χ1n) is 6.35. The molecular formula is C14H19NO4. The molecule has 5 heteroatoms. The molecule has 104 valence electrons. The van der Waals surface area contributed by atoms with Gasteiger partial charge in [-0.1, -0.05) is 19.1 Å². The van der Waals surface area contributed by atoms with Crippen LogP contribution in [0.5, 0.6) is 5.75 Å². The lowest BCUT2D eigenvalue weighted by Crippen LogP contribution is -2.34. The van der Waals surface area contributed by atoms with Crippen LogP contribution < -0.4 is 10.1 Å². The summed E-state index contributed by atoms with van der Waals surface area (Å²) in [5.74, 6) is -0.101. The van der Waals surface area contributed by atoms with Gasteiger partial charge in [0.05, 0.1) is 19.8 Å². The number of cyclic esters (lactones) is 1. The van der Waals surface area contributed by atoms with Gasteiger partial charge in [0.2, 0.25) is 5.79 Å². The number of amides is 1. The first kappa shape index (κ1) is 13.7. The molecule has 1 aliphatic rings. The summed E-state index contributed by atoms with van der Waals surface area (Å²) in [6.07, 6.45) is 0.232. The van der Waals surface area contributed by atoms with Crippen LogP contribution >= 0.6 is 0 Å². The fourth-order valence-corrected chi connectivity index (χ4v) is 2.07. The Kier molecular flexibility index (Phi) is 3.95. The zero-order valence-corrected chi connectivity index (χ0v) is 11.4. The monoisotopic (exact) mass is 265 g/mol. The predicted molar refractivity (Wildman–Crippen MR) is 70.0 cm³/mol. The zero-order chi connectivity index (χ0) is 13.9. The van der Waals surface area contributed by atoms with E-state index in [0.29, 0.717) is 6.54 Å². The molecule has 5 nitrogen and oxygen atoms in total. The van der Waals surface area contributed by atoms with Gasteiger partial charge in [-0.25, -0.2) is 4.79 Å². The molecule has 1 aromatic rings. The van der Waals surface area contributed by atoms with Crippen molar-refractivity contribution in [1.29, 1.82) is 0 Å². The van der Waals surface area contributed by atoms with Gasteiger partial charge in [0, 0.05) is 6.92 Å². The lowest BCUT2D eigenvalue weighted by atomic mass is 10.1. The van der Waals surface area contributed by atoms with Crippen molar-refractivity contribution >= 4 is 6.09 Å². The van der Waals surface area contributed by atoms with Gasteiger partial charge in [0.15, 0.2) is 0 Å². The fourth-order valence-electron chi connectivity index (χ4n) is 2.07. The number of rotatable bonds is 5. The second kappa shape index (κ2) is 5.48. The third-order valence-corrected chi connectivity index (χ3v) is 3.11. The SMILES string of the molecule is CCC(OC1(C)CNC(=O)O1)c1ccc(OC)cc1. The zero-order valence-electron chi connectivity index (χ0n) is 11.4. The minimum absolute atomic E-state index is 0.122. The Morgan fingerprint density at radius 1 is 1.42 bits per heavy atom. The number of alkyl carbamates (subject to hydrolysis) is 1. The molecule has 0 spiro atoms. The Morgan fingerprint density at radius 3 is 2.58 bits per heavy atom. The standard InChI is InChI=1S/C14H19NO4/c1-4-12(10-5-7-11(17-3)8-6-10)18-14(2)9-15-13(16)19-14/h5-8,12H,4,9H2,1-3H3,(H,15,16).